The van der Waals surface area contributed by atoms with Crippen molar-refractivity contribution in [3.05, 3.63) is 50.7 Å². The molecule has 3 N–H and O–H groups in total. The minimum absolute atomic E-state index is 0.308. The molecule has 0 aliphatic carbocycles. The minimum atomic E-state index is -0.308. The average molecular weight is 301 g/mol. The van der Waals surface area contributed by atoms with Gasteiger partial charge in [0.15, 0.2) is 0 Å². The summed E-state index contributed by atoms with van der Waals surface area (Å²) in [7, 11) is 0. The lowest BCUT2D eigenvalue weighted by molar-refractivity contribution is 0.0957. The number of thiophene rings is 1. The Morgan fingerprint density at radius 2 is 2.05 bits per heavy atom. The molecule has 21 heavy (non-hydrogen) atoms. The second-order valence-corrected chi connectivity index (χ2v) is 5.75. The highest BCUT2D eigenvalue weighted by molar-refractivity contribution is 7.14. The van der Waals surface area contributed by atoms with Gasteiger partial charge in [0.2, 0.25) is 0 Å². The maximum absolute atomic E-state index is 11.4. The molecule has 0 bridgehead atoms. The second-order valence-electron chi connectivity index (χ2n) is 4.58. The fourth-order valence-corrected chi connectivity index (χ4v) is 2.86. The highest BCUT2D eigenvalue weighted by Gasteiger charge is 2.10. The number of nitriles is 1. The van der Waals surface area contributed by atoms with Gasteiger partial charge >= 0.3 is 0 Å². The number of rotatable bonds is 4. The number of hydrazine groups is 1. The Morgan fingerprint density at radius 3 is 2.62 bits per heavy atom. The van der Waals surface area contributed by atoms with Gasteiger partial charge in [-0.05, 0) is 49.2 Å². The van der Waals surface area contributed by atoms with Crippen molar-refractivity contribution in [2.45, 2.75) is 20.5 Å². The molecule has 1 amide bonds. The zero-order chi connectivity index (χ0) is 15.4. The Morgan fingerprint density at radius 1 is 1.38 bits per heavy atom. The molecule has 0 spiro atoms. The quantitative estimate of drug-likeness (QED) is 0.515. The van der Waals surface area contributed by atoms with Crippen molar-refractivity contribution in [1.82, 2.24) is 5.43 Å². The number of hydrogen-bond acceptors (Lipinski definition) is 5. The molecule has 0 saturated heterocycles. The van der Waals surface area contributed by atoms with Crippen LogP contribution >= 0.6 is 11.3 Å². The molecule has 0 aliphatic heterocycles. The zero-order valence-electron chi connectivity index (χ0n) is 11.8. The molecule has 6 heteroatoms. The van der Waals surface area contributed by atoms with Gasteiger partial charge in [-0.2, -0.15) is 5.26 Å². The van der Waals surface area contributed by atoms with Crippen LogP contribution in [0.25, 0.3) is 0 Å². The lowest BCUT2D eigenvalue weighted by Gasteiger charge is -2.11. The number of aryl methyl sites for hydroxylation is 2. The molecule has 2 aromatic rings. The number of nitrogen functional groups attached to an aromatic ring is 1. The van der Waals surface area contributed by atoms with Crippen LogP contribution in [0.5, 0.6) is 5.75 Å². The zero-order valence-corrected chi connectivity index (χ0v) is 12.6. The van der Waals surface area contributed by atoms with Crippen molar-refractivity contribution in [2.75, 3.05) is 0 Å². The molecule has 0 radical (unpaired) electrons. The van der Waals surface area contributed by atoms with E-state index in [-0.39, 0.29) is 5.91 Å². The minimum Gasteiger partial charge on any atom is -0.488 e. The first-order valence-electron chi connectivity index (χ1n) is 6.29. The number of nitrogens with two attached hydrogens (primary N) is 1. The highest BCUT2D eigenvalue weighted by Crippen LogP contribution is 2.26. The number of nitrogens with zero attached hydrogens (tertiary/aromatic N) is 1. The van der Waals surface area contributed by atoms with Gasteiger partial charge in [0.05, 0.1) is 16.5 Å². The van der Waals surface area contributed by atoms with E-state index in [4.69, 9.17) is 15.8 Å². The van der Waals surface area contributed by atoms with Gasteiger partial charge in [-0.1, -0.05) is 0 Å². The summed E-state index contributed by atoms with van der Waals surface area (Å²) in [6, 6.07) is 9.26. The summed E-state index contributed by atoms with van der Waals surface area (Å²) in [5, 5.41) is 8.93. The highest BCUT2D eigenvalue weighted by atomic mass is 32.1. The summed E-state index contributed by atoms with van der Waals surface area (Å²) in [5.41, 5.74) is 4.56. The van der Waals surface area contributed by atoms with Gasteiger partial charge in [-0.25, -0.2) is 5.84 Å². The van der Waals surface area contributed by atoms with Gasteiger partial charge in [0.25, 0.3) is 5.91 Å². The van der Waals surface area contributed by atoms with Crippen LogP contribution < -0.4 is 16.0 Å². The molecule has 2 rings (SSSR count). The van der Waals surface area contributed by atoms with E-state index in [0.717, 1.165) is 21.8 Å². The van der Waals surface area contributed by atoms with Gasteiger partial charge in [0.1, 0.15) is 12.4 Å². The summed E-state index contributed by atoms with van der Waals surface area (Å²) in [6.07, 6.45) is 0. The number of nitrogens with one attached hydrogen (secondary N) is 1. The lowest BCUT2D eigenvalue weighted by Crippen LogP contribution is -2.29. The Hall–Kier alpha value is -2.36. The molecule has 0 saturated carbocycles. The van der Waals surface area contributed by atoms with Crippen molar-refractivity contribution in [1.29, 1.82) is 5.26 Å². The molecule has 5 nitrogen and oxygen atoms in total. The summed E-state index contributed by atoms with van der Waals surface area (Å²) in [4.78, 5) is 12.9. The third-order valence-corrected chi connectivity index (χ3v) is 4.02. The number of carbonyl (C=O) groups excluding carboxylic acids is 1. The average Bonchev–Trinajstić information content (AvgIpc) is 2.94. The molecule has 0 aliphatic rings. The smallest absolute Gasteiger partial charge is 0.275 e. The van der Waals surface area contributed by atoms with E-state index < -0.39 is 0 Å². The second kappa shape index (κ2) is 6.39. The van der Waals surface area contributed by atoms with E-state index >= 15 is 0 Å². The van der Waals surface area contributed by atoms with Gasteiger partial charge in [-0.3, -0.25) is 10.2 Å². The number of benzene rings is 1. The number of amides is 1. The Labute approximate surface area is 126 Å². The van der Waals surface area contributed by atoms with Gasteiger partial charge in [-0.15, -0.1) is 11.3 Å². The van der Waals surface area contributed by atoms with E-state index in [0.29, 0.717) is 17.0 Å². The lowest BCUT2D eigenvalue weighted by atomic mass is 10.1. The number of ether oxygens (including phenoxy) is 1. The third kappa shape index (κ3) is 3.40. The monoisotopic (exact) mass is 301 g/mol. The van der Waals surface area contributed by atoms with Crippen LogP contribution in [0.3, 0.4) is 0 Å². The molecular formula is C15H15N3O2S. The van der Waals surface area contributed by atoms with Gasteiger partial charge in [0, 0.05) is 4.88 Å². The summed E-state index contributed by atoms with van der Waals surface area (Å²) in [5.74, 6) is 5.56. The van der Waals surface area contributed by atoms with Crippen LogP contribution in [0.2, 0.25) is 0 Å². The first kappa shape index (κ1) is 15.0. The SMILES string of the molecule is Cc1cc(C#N)cc(C)c1OCc1ccc(C(=O)NN)s1. The molecular weight excluding hydrogens is 286 g/mol. The van der Waals surface area contributed by atoms with Crippen molar-refractivity contribution in [2.24, 2.45) is 5.84 Å². The number of hydrogen-bond donors (Lipinski definition) is 2. The van der Waals surface area contributed by atoms with Crippen LogP contribution in [-0.4, -0.2) is 5.91 Å². The largest absolute Gasteiger partial charge is 0.488 e. The summed E-state index contributed by atoms with van der Waals surface area (Å²) >= 11 is 1.33. The molecule has 0 atom stereocenters. The first-order chi connectivity index (χ1) is 10.0. The third-order valence-electron chi connectivity index (χ3n) is 2.96. The Balaban J connectivity index is 2.12. The molecule has 0 unspecified atom stereocenters. The van der Waals surface area contributed by atoms with E-state index in [1.54, 1.807) is 18.2 Å². The van der Waals surface area contributed by atoms with E-state index in [2.05, 4.69) is 11.5 Å². The normalized spacial score (nSPS) is 10.0. The van der Waals surface area contributed by atoms with Crippen molar-refractivity contribution in [3.8, 4) is 11.8 Å². The van der Waals surface area contributed by atoms with E-state index in [9.17, 15) is 4.79 Å². The topological polar surface area (TPSA) is 88.1 Å². The van der Waals surface area contributed by atoms with Crippen LogP contribution in [0.1, 0.15) is 31.2 Å². The maximum Gasteiger partial charge on any atom is 0.275 e. The van der Waals surface area contributed by atoms with Crippen LogP contribution in [0.15, 0.2) is 24.3 Å². The van der Waals surface area contributed by atoms with Crippen LogP contribution in [0, 0.1) is 25.2 Å². The maximum atomic E-state index is 11.4. The van der Waals surface area contributed by atoms with Crippen LogP contribution in [0.4, 0.5) is 0 Å². The predicted molar refractivity (Wildman–Crippen MR) is 80.9 cm³/mol. The number of carbonyl (C=O) groups is 1. The summed E-state index contributed by atoms with van der Waals surface area (Å²) < 4.78 is 5.82. The fourth-order valence-electron chi connectivity index (χ4n) is 2.03. The Kier molecular flexibility index (Phi) is 4.58. The van der Waals surface area contributed by atoms with Crippen molar-refractivity contribution < 1.29 is 9.53 Å². The molecule has 108 valence electrons. The van der Waals surface area contributed by atoms with Crippen LogP contribution in [-0.2, 0) is 6.61 Å². The molecule has 1 aromatic heterocycles. The van der Waals surface area contributed by atoms with Crippen molar-refractivity contribution in [3.63, 3.8) is 0 Å². The molecule has 1 aromatic carbocycles. The summed E-state index contributed by atoms with van der Waals surface area (Å²) in [6.45, 7) is 4.19. The van der Waals surface area contributed by atoms with E-state index in [1.165, 1.54) is 11.3 Å². The van der Waals surface area contributed by atoms with E-state index in [1.807, 2.05) is 19.9 Å². The van der Waals surface area contributed by atoms with Crippen molar-refractivity contribution >= 4 is 17.2 Å². The predicted octanol–water partition coefficient (Wildman–Crippen LogP) is 2.42. The standard InChI is InChI=1S/C15H15N3O2S/c1-9-5-11(7-16)6-10(2)14(9)20-8-12-3-4-13(21-12)15(19)18-17/h3-6H,8,17H2,1-2H3,(H,18,19). The van der Waals surface area contributed by atoms with Gasteiger partial charge < -0.3 is 4.74 Å². The molecule has 0 fully saturated rings. The first-order valence-corrected chi connectivity index (χ1v) is 7.10. The fraction of sp³-hybridized carbons (Fsp3) is 0.200. The molecule has 1 heterocycles. The Bertz CT molecular complexity index is 693.